The lowest BCUT2D eigenvalue weighted by Crippen LogP contribution is -2.35. The van der Waals surface area contributed by atoms with E-state index in [1.54, 1.807) is 6.08 Å². The lowest BCUT2D eigenvalue weighted by molar-refractivity contribution is -0.167. The fraction of sp³-hybridized carbons (Fsp3) is 0.500. The molecule has 2 rings (SSSR count). The van der Waals surface area contributed by atoms with Crippen molar-refractivity contribution in [1.29, 1.82) is 0 Å². The van der Waals surface area contributed by atoms with Gasteiger partial charge in [-0.3, -0.25) is 4.79 Å². The first-order chi connectivity index (χ1) is 12.3. The molecule has 0 spiro atoms. The number of hydrogen-bond donors (Lipinski definition) is 1. The zero-order valence-corrected chi connectivity index (χ0v) is 15.6. The van der Waals surface area contributed by atoms with Crippen LogP contribution in [0.3, 0.4) is 0 Å². The van der Waals surface area contributed by atoms with Crippen LogP contribution in [0.1, 0.15) is 39.2 Å². The van der Waals surface area contributed by atoms with Crippen molar-refractivity contribution in [3.8, 4) is 0 Å². The first-order valence-electron chi connectivity index (χ1n) is 8.83. The molecule has 1 heterocycles. The van der Waals surface area contributed by atoms with Crippen LogP contribution in [-0.4, -0.2) is 36.4 Å². The van der Waals surface area contributed by atoms with Crippen LogP contribution >= 0.6 is 0 Å². The second-order valence-corrected chi connectivity index (χ2v) is 7.12. The number of ether oxygens (including phenoxy) is 3. The summed E-state index contributed by atoms with van der Waals surface area (Å²) in [5, 5.41) is 2.67. The molecule has 0 saturated heterocycles. The van der Waals surface area contributed by atoms with E-state index in [0.717, 1.165) is 5.56 Å². The van der Waals surface area contributed by atoms with E-state index in [1.807, 2.05) is 51.1 Å². The minimum absolute atomic E-state index is 0.0816. The minimum Gasteiger partial charge on any atom is -0.444 e. The summed E-state index contributed by atoms with van der Waals surface area (Å²) in [7, 11) is 0. The molecule has 6 heteroatoms. The van der Waals surface area contributed by atoms with Gasteiger partial charge in [-0.15, -0.1) is 0 Å². The molecule has 1 aromatic carbocycles. The lowest BCUT2D eigenvalue weighted by Gasteiger charge is -2.25. The highest BCUT2D eigenvalue weighted by Crippen LogP contribution is 2.16. The minimum atomic E-state index is -0.554. The highest BCUT2D eigenvalue weighted by Gasteiger charge is 2.25. The molecule has 1 aliphatic heterocycles. The third-order valence-corrected chi connectivity index (χ3v) is 3.60. The molecule has 26 heavy (non-hydrogen) atoms. The maximum Gasteiger partial charge on any atom is 0.407 e. The smallest absolute Gasteiger partial charge is 0.407 e. The van der Waals surface area contributed by atoms with E-state index >= 15 is 0 Å². The molecule has 0 fully saturated rings. The molecule has 1 aliphatic rings. The summed E-state index contributed by atoms with van der Waals surface area (Å²) >= 11 is 0. The van der Waals surface area contributed by atoms with E-state index in [1.165, 1.54) is 6.08 Å². The Morgan fingerprint density at radius 2 is 1.96 bits per heavy atom. The van der Waals surface area contributed by atoms with Gasteiger partial charge in [0, 0.05) is 6.54 Å². The van der Waals surface area contributed by atoms with Gasteiger partial charge < -0.3 is 19.5 Å². The monoisotopic (exact) mass is 361 g/mol. The van der Waals surface area contributed by atoms with Gasteiger partial charge in [0.25, 0.3) is 0 Å². The van der Waals surface area contributed by atoms with E-state index in [2.05, 4.69) is 5.32 Å². The summed E-state index contributed by atoms with van der Waals surface area (Å²) in [5.74, 6) is -0.0816. The van der Waals surface area contributed by atoms with Crippen molar-refractivity contribution in [2.45, 2.75) is 58.2 Å². The maximum absolute atomic E-state index is 12.0. The SMILES string of the molecule is CC(C)(C)OC(=O)NCCC[C@H]1O[C@H](OCc2ccccc2)C=CC1=O. The van der Waals surface area contributed by atoms with Crippen molar-refractivity contribution >= 4 is 11.9 Å². The van der Waals surface area contributed by atoms with Crippen LogP contribution in [0.2, 0.25) is 0 Å². The Hall–Kier alpha value is -2.18. The van der Waals surface area contributed by atoms with Gasteiger partial charge in [-0.2, -0.15) is 0 Å². The normalized spacial score (nSPS) is 20.0. The molecule has 0 aliphatic carbocycles. The van der Waals surface area contributed by atoms with Gasteiger partial charge in [0.15, 0.2) is 12.1 Å². The molecule has 1 aromatic rings. The fourth-order valence-electron chi connectivity index (χ4n) is 2.40. The first kappa shape index (κ1) is 20.1. The van der Waals surface area contributed by atoms with Crippen LogP contribution in [-0.2, 0) is 25.6 Å². The zero-order valence-electron chi connectivity index (χ0n) is 15.6. The molecular weight excluding hydrogens is 334 g/mol. The van der Waals surface area contributed by atoms with Crippen LogP contribution in [0.15, 0.2) is 42.5 Å². The van der Waals surface area contributed by atoms with Crippen molar-refractivity contribution in [1.82, 2.24) is 5.32 Å². The third-order valence-electron chi connectivity index (χ3n) is 3.60. The van der Waals surface area contributed by atoms with E-state index in [0.29, 0.717) is 26.0 Å². The van der Waals surface area contributed by atoms with Gasteiger partial charge in [0.05, 0.1) is 6.61 Å². The largest absolute Gasteiger partial charge is 0.444 e. The van der Waals surface area contributed by atoms with Crippen molar-refractivity contribution in [3.63, 3.8) is 0 Å². The van der Waals surface area contributed by atoms with Crippen molar-refractivity contribution in [2.24, 2.45) is 0 Å². The van der Waals surface area contributed by atoms with Gasteiger partial charge in [-0.25, -0.2) is 4.79 Å². The van der Waals surface area contributed by atoms with Crippen molar-refractivity contribution in [3.05, 3.63) is 48.0 Å². The van der Waals surface area contributed by atoms with Gasteiger partial charge in [0.1, 0.15) is 11.7 Å². The quantitative estimate of drug-likeness (QED) is 0.754. The molecule has 0 bridgehead atoms. The Bertz CT molecular complexity index is 621. The molecule has 142 valence electrons. The Morgan fingerprint density at radius 3 is 2.65 bits per heavy atom. The summed E-state index contributed by atoms with van der Waals surface area (Å²) in [4.78, 5) is 23.5. The van der Waals surface area contributed by atoms with E-state index in [4.69, 9.17) is 14.2 Å². The highest BCUT2D eigenvalue weighted by molar-refractivity contribution is 5.94. The van der Waals surface area contributed by atoms with Crippen LogP contribution in [0.5, 0.6) is 0 Å². The molecule has 2 atom stereocenters. The predicted octanol–water partition coefficient (Wildman–Crippen LogP) is 3.36. The van der Waals surface area contributed by atoms with Crippen molar-refractivity contribution < 1.29 is 23.8 Å². The molecule has 0 radical (unpaired) electrons. The number of carbonyl (C=O) groups excluding carboxylic acids is 2. The summed E-state index contributed by atoms with van der Waals surface area (Å²) in [6.45, 7) is 6.26. The molecular formula is C20H27NO5. The van der Waals surface area contributed by atoms with Crippen LogP contribution in [0, 0.1) is 0 Å². The molecule has 6 nitrogen and oxygen atoms in total. The highest BCUT2D eigenvalue weighted by atomic mass is 16.7. The van der Waals surface area contributed by atoms with Gasteiger partial charge in [-0.1, -0.05) is 30.3 Å². The Morgan fingerprint density at radius 1 is 1.23 bits per heavy atom. The second-order valence-electron chi connectivity index (χ2n) is 7.12. The lowest BCUT2D eigenvalue weighted by atomic mass is 10.1. The predicted molar refractivity (Wildman–Crippen MR) is 97.5 cm³/mol. The second kappa shape index (κ2) is 9.50. The van der Waals surface area contributed by atoms with E-state index < -0.39 is 24.1 Å². The van der Waals surface area contributed by atoms with Gasteiger partial charge in [-0.05, 0) is 51.3 Å². The van der Waals surface area contributed by atoms with Crippen LogP contribution in [0.25, 0.3) is 0 Å². The van der Waals surface area contributed by atoms with E-state index in [-0.39, 0.29) is 5.78 Å². The molecule has 0 saturated carbocycles. The Kier molecular flexibility index (Phi) is 7.36. The number of nitrogens with one attached hydrogen (secondary N) is 1. The first-order valence-corrected chi connectivity index (χ1v) is 8.83. The number of hydrogen-bond acceptors (Lipinski definition) is 5. The van der Waals surface area contributed by atoms with Crippen LogP contribution < -0.4 is 5.32 Å². The number of rotatable bonds is 7. The average Bonchev–Trinajstić information content (AvgIpc) is 2.58. The summed E-state index contributed by atoms with van der Waals surface area (Å²) in [6.07, 6.45) is 2.68. The van der Waals surface area contributed by atoms with Crippen molar-refractivity contribution in [2.75, 3.05) is 6.54 Å². The number of carbonyl (C=O) groups is 2. The zero-order chi connectivity index (χ0) is 19.0. The van der Waals surface area contributed by atoms with E-state index in [9.17, 15) is 9.59 Å². The molecule has 0 unspecified atom stereocenters. The number of amides is 1. The Labute approximate surface area is 154 Å². The summed E-state index contributed by atoms with van der Waals surface area (Å²) in [6, 6.07) is 9.77. The third kappa shape index (κ3) is 7.37. The molecule has 1 N–H and O–H groups in total. The maximum atomic E-state index is 12.0. The fourth-order valence-corrected chi connectivity index (χ4v) is 2.40. The number of alkyl carbamates (subject to hydrolysis) is 1. The van der Waals surface area contributed by atoms with Gasteiger partial charge in [0.2, 0.25) is 0 Å². The molecule has 1 amide bonds. The Balaban J connectivity index is 1.70. The van der Waals surface area contributed by atoms with Gasteiger partial charge >= 0.3 is 6.09 Å². The summed E-state index contributed by atoms with van der Waals surface area (Å²) < 4.78 is 16.6. The molecule has 0 aromatic heterocycles. The number of ketones is 1. The van der Waals surface area contributed by atoms with Crippen LogP contribution in [0.4, 0.5) is 4.79 Å². The summed E-state index contributed by atoms with van der Waals surface area (Å²) in [5.41, 5.74) is 0.514. The average molecular weight is 361 g/mol. The standard InChI is InChI=1S/C20H27NO5/c1-20(2,3)26-19(23)21-13-7-10-17-16(22)11-12-18(25-17)24-14-15-8-5-4-6-9-15/h4-6,8-9,11-12,17-18H,7,10,13-14H2,1-3H3,(H,21,23)/t17-,18+/m1/s1. The number of benzene rings is 1. The topological polar surface area (TPSA) is 73.9 Å².